The Bertz CT molecular complexity index is 494. The molecule has 0 saturated heterocycles. The second-order valence-electron chi connectivity index (χ2n) is 5.13. The fraction of sp³-hybridized carbons (Fsp3) is 0.500. The van der Waals surface area contributed by atoms with Gasteiger partial charge >= 0.3 is 5.97 Å². The summed E-state index contributed by atoms with van der Waals surface area (Å²) in [6.45, 7) is 4.36. The lowest BCUT2D eigenvalue weighted by Gasteiger charge is -2.19. The minimum Gasteiger partial charge on any atom is -0.462 e. The molecule has 0 radical (unpaired) electrons. The number of ether oxygens (including phenoxy) is 1. The molecule has 1 unspecified atom stereocenters. The van der Waals surface area contributed by atoms with Crippen LogP contribution in [0.25, 0.3) is 0 Å². The highest BCUT2D eigenvalue weighted by molar-refractivity contribution is 5.89. The summed E-state index contributed by atoms with van der Waals surface area (Å²) in [4.78, 5) is 13.7. The molecule has 0 aliphatic heterocycles. The summed E-state index contributed by atoms with van der Waals surface area (Å²) in [5.41, 5.74) is 1.68. The van der Waals surface area contributed by atoms with Crippen molar-refractivity contribution in [2.45, 2.75) is 39.2 Å². The number of unbranched alkanes of at least 4 members (excludes halogenated alkanes) is 2. The van der Waals surface area contributed by atoms with Crippen LogP contribution in [0.5, 0.6) is 0 Å². The fourth-order valence-electron chi connectivity index (χ4n) is 1.96. The summed E-state index contributed by atoms with van der Waals surface area (Å²) in [6.07, 6.45) is 3.23. The molecule has 114 valence electrons. The number of carbonyl (C=O) groups is 1. The molecule has 0 aliphatic carbocycles. The quantitative estimate of drug-likeness (QED) is 0.454. The number of rotatable bonds is 6. The molecule has 3 nitrogen and oxygen atoms in total. The van der Waals surface area contributed by atoms with Crippen LogP contribution in [-0.2, 0) is 4.74 Å². The maximum absolute atomic E-state index is 11.6. The lowest BCUT2D eigenvalue weighted by Crippen LogP contribution is -2.18. The van der Waals surface area contributed by atoms with Crippen molar-refractivity contribution in [2.75, 3.05) is 20.7 Å². The van der Waals surface area contributed by atoms with E-state index in [-0.39, 0.29) is 12.0 Å². The molecule has 1 aromatic rings. The maximum Gasteiger partial charge on any atom is 0.338 e. The van der Waals surface area contributed by atoms with E-state index < -0.39 is 0 Å². The van der Waals surface area contributed by atoms with E-state index in [1.807, 2.05) is 26.2 Å². The van der Waals surface area contributed by atoms with Gasteiger partial charge in [-0.2, -0.15) is 0 Å². The Morgan fingerprint density at radius 2 is 1.90 bits per heavy atom. The summed E-state index contributed by atoms with van der Waals surface area (Å²) >= 11 is 0. The number of esters is 1. The van der Waals surface area contributed by atoms with E-state index in [0.717, 1.165) is 24.8 Å². The third-order valence-electron chi connectivity index (χ3n) is 3.15. The topological polar surface area (TPSA) is 29.5 Å². The smallest absolute Gasteiger partial charge is 0.338 e. The van der Waals surface area contributed by atoms with Gasteiger partial charge in [-0.15, -0.1) is 5.92 Å². The average Bonchev–Trinajstić information content (AvgIpc) is 2.47. The molecule has 0 saturated carbocycles. The molecule has 0 aliphatic rings. The van der Waals surface area contributed by atoms with Crippen LogP contribution in [0.1, 0.15) is 55.1 Å². The van der Waals surface area contributed by atoms with Gasteiger partial charge < -0.3 is 4.74 Å². The molecule has 0 fully saturated rings. The Morgan fingerprint density at radius 3 is 2.43 bits per heavy atom. The molecule has 1 aromatic carbocycles. The van der Waals surface area contributed by atoms with Gasteiger partial charge in [-0.1, -0.05) is 31.4 Å². The first kappa shape index (κ1) is 17.3. The number of hydrogen-bond acceptors (Lipinski definition) is 3. The average molecular weight is 287 g/mol. The highest BCUT2D eigenvalue weighted by Gasteiger charge is 2.12. The molecule has 1 atom stereocenters. The molecule has 0 spiro atoms. The van der Waals surface area contributed by atoms with Crippen LogP contribution in [0.4, 0.5) is 0 Å². The third kappa shape index (κ3) is 5.61. The van der Waals surface area contributed by atoms with Crippen molar-refractivity contribution < 1.29 is 9.53 Å². The van der Waals surface area contributed by atoms with E-state index in [1.165, 1.54) is 0 Å². The van der Waals surface area contributed by atoms with Gasteiger partial charge in [0.1, 0.15) is 0 Å². The Balaban J connectivity index is 2.84. The second-order valence-corrected chi connectivity index (χ2v) is 5.13. The van der Waals surface area contributed by atoms with Crippen molar-refractivity contribution in [1.29, 1.82) is 0 Å². The first-order valence-corrected chi connectivity index (χ1v) is 7.52. The van der Waals surface area contributed by atoms with Crippen molar-refractivity contribution >= 4 is 5.97 Å². The summed E-state index contributed by atoms with van der Waals surface area (Å²) in [5.74, 6) is 6.27. The van der Waals surface area contributed by atoms with Gasteiger partial charge in [0.05, 0.1) is 18.2 Å². The van der Waals surface area contributed by atoms with Crippen LogP contribution in [0.3, 0.4) is 0 Å². The molecule has 3 heteroatoms. The molecular formula is C18H25NO2. The minimum absolute atomic E-state index is 0.0538. The van der Waals surface area contributed by atoms with Crippen LogP contribution < -0.4 is 0 Å². The lowest BCUT2D eigenvalue weighted by molar-refractivity contribution is 0.0526. The number of carbonyl (C=O) groups excluding carboxylic acids is 1. The normalized spacial score (nSPS) is 11.7. The monoisotopic (exact) mass is 287 g/mol. The summed E-state index contributed by atoms with van der Waals surface area (Å²) in [7, 11) is 4.02. The molecule has 0 N–H and O–H groups in total. The second kappa shape index (κ2) is 9.20. The van der Waals surface area contributed by atoms with Crippen LogP contribution >= 0.6 is 0 Å². The van der Waals surface area contributed by atoms with E-state index in [0.29, 0.717) is 12.2 Å². The van der Waals surface area contributed by atoms with Crippen molar-refractivity contribution in [3.63, 3.8) is 0 Å². The standard InChI is InChI=1S/C18H25NO2/c1-5-7-8-9-10-17(19(3)4)15-11-13-16(14-12-15)18(20)21-6-2/h11-14,17H,5-8H2,1-4H3. The molecule has 21 heavy (non-hydrogen) atoms. The Kier molecular flexibility index (Phi) is 7.56. The first-order valence-electron chi connectivity index (χ1n) is 7.52. The van der Waals surface area contributed by atoms with Gasteiger partial charge in [-0.05, 0) is 45.1 Å². The highest BCUT2D eigenvalue weighted by atomic mass is 16.5. The summed E-state index contributed by atoms with van der Waals surface area (Å²) in [5, 5.41) is 0. The first-order chi connectivity index (χ1) is 10.1. The van der Waals surface area contributed by atoms with Gasteiger partial charge in [-0.25, -0.2) is 4.79 Å². The van der Waals surface area contributed by atoms with Crippen LogP contribution in [0, 0.1) is 11.8 Å². The molecule has 0 amide bonds. The molecular weight excluding hydrogens is 262 g/mol. The maximum atomic E-state index is 11.6. The molecule has 1 rings (SSSR count). The van der Waals surface area contributed by atoms with Crippen molar-refractivity contribution in [1.82, 2.24) is 4.90 Å². The lowest BCUT2D eigenvalue weighted by atomic mass is 10.0. The molecule has 0 aromatic heterocycles. The number of nitrogens with zero attached hydrogens (tertiary/aromatic N) is 1. The number of benzene rings is 1. The SMILES string of the molecule is CCCCC#CC(c1ccc(C(=O)OCC)cc1)N(C)C. The van der Waals surface area contributed by atoms with E-state index in [9.17, 15) is 4.79 Å². The van der Waals surface area contributed by atoms with Crippen molar-refractivity contribution in [3.8, 4) is 11.8 Å². The van der Waals surface area contributed by atoms with Gasteiger partial charge in [0.25, 0.3) is 0 Å². The van der Waals surface area contributed by atoms with E-state index >= 15 is 0 Å². The predicted octanol–water partition coefficient (Wildman–Crippen LogP) is 3.66. The van der Waals surface area contributed by atoms with E-state index in [4.69, 9.17) is 4.74 Å². The Hall–Kier alpha value is -1.79. The van der Waals surface area contributed by atoms with E-state index in [2.05, 4.69) is 23.7 Å². The zero-order valence-corrected chi connectivity index (χ0v) is 13.5. The minimum atomic E-state index is -0.278. The molecule has 0 bridgehead atoms. The number of hydrogen-bond donors (Lipinski definition) is 0. The van der Waals surface area contributed by atoms with E-state index in [1.54, 1.807) is 19.1 Å². The van der Waals surface area contributed by atoms with Crippen molar-refractivity contribution in [2.24, 2.45) is 0 Å². The van der Waals surface area contributed by atoms with Gasteiger partial charge in [-0.3, -0.25) is 4.90 Å². The largest absolute Gasteiger partial charge is 0.462 e. The summed E-state index contributed by atoms with van der Waals surface area (Å²) in [6, 6.07) is 7.56. The fourth-order valence-corrected chi connectivity index (χ4v) is 1.96. The summed E-state index contributed by atoms with van der Waals surface area (Å²) < 4.78 is 4.99. The van der Waals surface area contributed by atoms with Gasteiger partial charge in [0.2, 0.25) is 0 Å². The zero-order valence-electron chi connectivity index (χ0n) is 13.5. The molecule has 0 heterocycles. The van der Waals surface area contributed by atoms with Crippen molar-refractivity contribution in [3.05, 3.63) is 35.4 Å². The van der Waals surface area contributed by atoms with Gasteiger partial charge in [0, 0.05) is 6.42 Å². The van der Waals surface area contributed by atoms with Crippen LogP contribution in [0.2, 0.25) is 0 Å². The Morgan fingerprint density at radius 1 is 1.24 bits per heavy atom. The highest BCUT2D eigenvalue weighted by Crippen LogP contribution is 2.18. The predicted molar refractivity (Wildman–Crippen MR) is 86.1 cm³/mol. The van der Waals surface area contributed by atoms with Gasteiger partial charge in [0.15, 0.2) is 0 Å². The third-order valence-corrected chi connectivity index (χ3v) is 3.15. The zero-order chi connectivity index (χ0) is 15.7. The van der Waals surface area contributed by atoms with Crippen LogP contribution in [0.15, 0.2) is 24.3 Å². The van der Waals surface area contributed by atoms with Crippen LogP contribution in [-0.4, -0.2) is 31.6 Å². The Labute approximate surface area is 128 Å².